The van der Waals surface area contributed by atoms with E-state index in [0.717, 1.165) is 57.9 Å². The van der Waals surface area contributed by atoms with E-state index in [1.807, 2.05) is 13.0 Å². The third-order valence-electron chi connectivity index (χ3n) is 6.62. The fourth-order valence-corrected chi connectivity index (χ4v) is 8.59. The number of allylic oxidation sites excluding steroid dienone is 4. The monoisotopic (exact) mass is 706 g/mol. The third-order valence-corrected chi connectivity index (χ3v) is 10.7. The Hall–Kier alpha value is -2.73. The lowest BCUT2D eigenvalue weighted by Crippen LogP contribution is -2.43. The predicted molar refractivity (Wildman–Crippen MR) is 174 cm³/mol. The smallest absolute Gasteiger partial charge is 0.304 e. The molecule has 4 rings (SSSR count). The van der Waals surface area contributed by atoms with Gasteiger partial charge in [-0.15, -0.1) is 8.42 Å². The van der Waals surface area contributed by atoms with E-state index in [0.29, 0.717) is 20.6 Å². The van der Waals surface area contributed by atoms with E-state index >= 15 is 0 Å². The van der Waals surface area contributed by atoms with Crippen LogP contribution in [-0.2, 0) is 33.2 Å². The average Bonchev–Trinajstić information content (AvgIpc) is 3.51. The van der Waals surface area contributed by atoms with Crippen molar-refractivity contribution in [3.05, 3.63) is 81.9 Å². The van der Waals surface area contributed by atoms with Crippen LogP contribution in [0.25, 0.3) is 16.3 Å². The molecule has 2 heterocycles. The van der Waals surface area contributed by atoms with Gasteiger partial charge in [-0.05, 0) is 65.9 Å². The van der Waals surface area contributed by atoms with E-state index in [9.17, 15) is 39.1 Å². The van der Waals surface area contributed by atoms with Crippen molar-refractivity contribution in [2.75, 3.05) is 23.9 Å². The van der Waals surface area contributed by atoms with Crippen LogP contribution in [0.15, 0.2) is 70.6 Å². The van der Waals surface area contributed by atoms with E-state index in [4.69, 9.17) is 0 Å². The number of aromatic nitrogens is 1. The van der Waals surface area contributed by atoms with Crippen molar-refractivity contribution >= 4 is 65.7 Å². The minimum Gasteiger partial charge on any atom is -0.304 e. The Morgan fingerprint density at radius 2 is 1.60 bits per heavy atom. The fraction of sp³-hybridized carbons (Fsp3) is 0.345. The van der Waals surface area contributed by atoms with Gasteiger partial charge in [0.1, 0.15) is 4.70 Å². The van der Waals surface area contributed by atoms with Crippen molar-refractivity contribution in [3.63, 3.8) is 0 Å². The number of hydrogen-bond acceptors (Lipinski definition) is 7. The molecule has 0 saturated carbocycles. The Morgan fingerprint density at radius 1 is 0.933 bits per heavy atom. The number of nitrogens with zero attached hydrogens (tertiary/aromatic N) is 3. The van der Waals surface area contributed by atoms with Crippen molar-refractivity contribution in [1.29, 1.82) is 0 Å². The number of anilines is 1. The second kappa shape index (κ2) is 15.2. The zero-order valence-electron chi connectivity index (χ0n) is 25.0. The summed E-state index contributed by atoms with van der Waals surface area (Å²) in [5.74, 6) is 0. The van der Waals surface area contributed by atoms with Crippen LogP contribution in [0.3, 0.4) is 0 Å². The van der Waals surface area contributed by atoms with Crippen molar-refractivity contribution in [1.82, 2.24) is 4.90 Å². The number of rotatable bonds is 10. The number of alkyl halides is 3. The molecule has 0 spiro atoms. The van der Waals surface area contributed by atoms with Gasteiger partial charge in [-0.1, -0.05) is 81.5 Å². The lowest BCUT2D eigenvalue weighted by Gasteiger charge is -2.16. The van der Waals surface area contributed by atoms with E-state index in [1.165, 1.54) is 50.0 Å². The molecular formula is C29H35F3N3O6S4+. The summed E-state index contributed by atoms with van der Waals surface area (Å²) in [4.78, 5) is 3.01. The molecule has 1 aliphatic heterocycles. The van der Waals surface area contributed by atoms with Gasteiger partial charge in [-0.25, -0.2) is 8.86 Å². The molecule has 0 saturated heterocycles. The number of aryl methyl sites for hydroxylation is 1. The van der Waals surface area contributed by atoms with Crippen molar-refractivity contribution in [2.24, 2.45) is 0 Å². The first-order chi connectivity index (χ1) is 21.0. The molecule has 0 aliphatic carbocycles. The number of fused-ring (bicyclic) bond motifs is 2. The second-order valence-corrected chi connectivity index (χ2v) is 14.3. The summed E-state index contributed by atoms with van der Waals surface area (Å²) in [6, 6.07) is 7.93. The molecule has 0 amide bonds. The highest BCUT2D eigenvalue weighted by Gasteiger charge is 2.36. The molecule has 246 valence electrons. The van der Waals surface area contributed by atoms with Crippen LogP contribution in [0, 0.1) is 0 Å². The van der Waals surface area contributed by atoms with Gasteiger partial charge in [0.15, 0.2) is 0 Å². The highest BCUT2D eigenvalue weighted by molar-refractivity contribution is 8.05. The molecule has 1 aliphatic rings. The Balaban J connectivity index is 0.000000707. The van der Waals surface area contributed by atoms with Gasteiger partial charge in [0.05, 0.1) is 16.3 Å². The Morgan fingerprint density at radius 3 is 2.13 bits per heavy atom. The van der Waals surface area contributed by atoms with E-state index < -0.39 is 32.3 Å². The van der Waals surface area contributed by atoms with Crippen LogP contribution in [0.2, 0.25) is 0 Å². The van der Waals surface area contributed by atoms with Crippen LogP contribution in [0.1, 0.15) is 50.3 Å². The summed E-state index contributed by atoms with van der Waals surface area (Å²) in [6.07, 6.45) is 3.84. The molecule has 3 aromatic rings. The van der Waals surface area contributed by atoms with Crippen molar-refractivity contribution in [2.45, 2.75) is 51.6 Å². The van der Waals surface area contributed by atoms with Crippen LogP contribution in [0.4, 0.5) is 18.9 Å². The summed E-state index contributed by atoms with van der Waals surface area (Å²) in [5.41, 5.74) is -0.152. The molecule has 16 heteroatoms. The zero-order chi connectivity index (χ0) is 33.6. The standard InChI is InChI=1S/C23H19F3N2O6S4.C6H15N/c1-2-6-15-9-11-19-17(13-15)27(37(29,30)31)21(35-19)7-4-3-5-8-22-28(38(32,33)34)18-14-16(23(24,25)26)10-12-20(18)36-22;1-4-7(5-2)6-3/h3-5,7-14H,2,6H2,1H3,(H-,29,30,31,32,33,34);4-6H2,1-3H3/p+1. The van der Waals surface area contributed by atoms with Crippen LogP contribution in [-0.4, -0.2) is 50.5 Å². The Bertz CT molecular complexity index is 1810. The molecule has 9 nitrogen and oxygen atoms in total. The lowest BCUT2D eigenvalue weighted by molar-refractivity contribution is -0.486. The highest BCUT2D eigenvalue weighted by atomic mass is 32.2. The van der Waals surface area contributed by atoms with Crippen molar-refractivity contribution < 1.29 is 43.1 Å². The molecule has 0 fully saturated rings. The first-order valence-corrected chi connectivity index (χ1v) is 18.4. The first-order valence-electron chi connectivity index (χ1n) is 13.9. The van der Waals surface area contributed by atoms with Crippen LogP contribution in [0.5, 0.6) is 0 Å². The van der Waals surface area contributed by atoms with E-state index in [-0.39, 0.29) is 20.3 Å². The minimum atomic E-state index is -4.93. The first kappa shape index (κ1) is 36.7. The van der Waals surface area contributed by atoms with Gasteiger partial charge in [0, 0.05) is 17.0 Å². The minimum absolute atomic E-state index is 0.0650. The number of thiazole rings is 1. The van der Waals surface area contributed by atoms with Gasteiger partial charge in [0.2, 0.25) is 5.52 Å². The maximum absolute atomic E-state index is 13.1. The molecular weight excluding hydrogens is 672 g/mol. The summed E-state index contributed by atoms with van der Waals surface area (Å²) in [7, 11) is -9.55. The van der Waals surface area contributed by atoms with Gasteiger partial charge in [-0.3, -0.25) is 4.55 Å². The number of hydrogen-bond donors (Lipinski definition) is 2. The number of thioether (sulfide) groups is 1. The zero-order valence-corrected chi connectivity index (χ0v) is 28.3. The summed E-state index contributed by atoms with van der Waals surface area (Å²) < 4.78 is 108. The quantitative estimate of drug-likeness (QED) is 0.132. The lowest BCUT2D eigenvalue weighted by atomic mass is 10.1. The van der Waals surface area contributed by atoms with Gasteiger partial charge in [-0.2, -0.15) is 21.6 Å². The molecule has 1 aromatic heterocycles. The maximum Gasteiger partial charge on any atom is 0.513 e. The van der Waals surface area contributed by atoms with Crippen LogP contribution >= 0.6 is 23.1 Å². The topological polar surface area (TPSA) is 119 Å². The van der Waals surface area contributed by atoms with Crippen LogP contribution < -0.4 is 8.28 Å². The molecule has 0 radical (unpaired) electrons. The summed E-state index contributed by atoms with van der Waals surface area (Å²) in [5, 5.41) is 0.139. The summed E-state index contributed by atoms with van der Waals surface area (Å²) >= 11 is 1.98. The predicted octanol–water partition coefficient (Wildman–Crippen LogP) is 6.99. The van der Waals surface area contributed by atoms with Gasteiger partial charge >= 0.3 is 26.8 Å². The summed E-state index contributed by atoms with van der Waals surface area (Å²) in [6.45, 7) is 12.1. The number of halogens is 3. The fourth-order valence-electron chi connectivity index (χ4n) is 4.43. The molecule has 0 atom stereocenters. The number of benzene rings is 2. The normalized spacial score (nSPS) is 15.1. The molecule has 2 aromatic carbocycles. The largest absolute Gasteiger partial charge is 0.513 e. The Labute approximate surface area is 270 Å². The van der Waals surface area contributed by atoms with E-state index in [2.05, 4.69) is 25.7 Å². The van der Waals surface area contributed by atoms with E-state index in [1.54, 1.807) is 12.1 Å². The highest BCUT2D eigenvalue weighted by Crippen LogP contribution is 2.47. The van der Waals surface area contributed by atoms with Gasteiger partial charge in [0.25, 0.3) is 5.01 Å². The maximum atomic E-state index is 13.1. The second-order valence-electron chi connectivity index (χ2n) is 9.63. The van der Waals surface area contributed by atoms with Gasteiger partial charge < -0.3 is 4.90 Å². The van der Waals surface area contributed by atoms with Crippen molar-refractivity contribution in [3.8, 4) is 0 Å². The Kier molecular flexibility index (Phi) is 12.4. The molecule has 0 unspecified atom stereocenters. The molecule has 2 N–H and O–H groups in total. The molecule has 0 bridgehead atoms. The SMILES string of the molecule is CCCc1ccc2c(c1)N(S(=O)(=O)O)C(=CC=CC=Cc1sc3ccc(C(F)(F)F)cc3[n+]1S(=O)(=O)O)S2.CCN(CC)CC. The average molecular weight is 707 g/mol. The molecule has 45 heavy (non-hydrogen) atoms. The third kappa shape index (κ3) is 9.40.